The van der Waals surface area contributed by atoms with Gasteiger partial charge in [0.05, 0.1) is 0 Å². The summed E-state index contributed by atoms with van der Waals surface area (Å²) in [6.45, 7) is 17.8. The molecule has 2 nitrogen and oxygen atoms in total. The summed E-state index contributed by atoms with van der Waals surface area (Å²) in [7, 11) is 0. The SMILES string of the molecule is CCCCCCCCc1cc(CCCCCCCC)cc(C2=C(CCCC)C(CCCCC)=C(c3cc(C)cc(C)c3)[N+]2=[N-])c1.Cc1cc[c]([Pd][c]2ccc(C)cc2)cc1. The van der Waals surface area contributed by atoms with E-state index in [2.05, 4.69) is 140 Å². The van der Waals surface area contributed by atoms with E-state index < -0.39 is 0 Å². The van der Waals surface area contributed by atoms with Gasteiger partial charge in [-0.1, -0.05) is 134 Å². The van der Waals surface area contributed by atoms with Crippen LogP contribution in [0.1, 0.15) is 194 Å². The maximum atomic E-state index is 12.2. The van der Waals surface area contributed by atoms with E-state index in [9.17, 15) is 5.53 Å². The zero-order chi connectivity index (χ0) is 43.1. The number of nitrogens with zero attached hydrogens (tertiary/aromatic N) is 2. The molecular formula is C57H80N2Pd. The molecule has 0 saturated heterocycles. The molecule has 0 N–H and O–H groups in total. The molecule has 1 aliphatic rings. The van der Waals surface area contributed by atoms with Gasteiger partial charge in [-0.15, -0.1) is 0 Å². The van der Waals surface area contributed by atoms with Crippen molar-refractivity contribution in [1.82, 2.24) is 0 Å². The van der Waals surface area contributed by atoms with Crippen LogP contribution in [0.3, 0.4) is 0 Å². The van der Waals surface area contributed by atoms with Gasteiger partial charge >= 0.3 is 99.6 Å². The van der Waals surface area contributed by atoms with Crippen LogP contribution in [-0.2, 0) is 30.8 Å². The van der Waals surface area contributed by atoms with Gasteiger partial charge in [0.25, 0.3) is 0 Å². The Kier molecular flexibility index (Phi) is 22.6. The van der Waals surface area contributed by atoms with Crippen LogP contribution in [0.4, 0.5) is 0 Å². The minimum atomic E-state index is 0.562. The summed E-state index contributed by atoms with van der Waals surface area (Å²) in [5, 5.41) is 0. The zero-order valence-electron chi connectivity index (χ0n) is 39.1. The first-order valence-corrected chi connectivity index (χ1v) is 25.6. The normalized spacial score (nSPS) is 12.8. The molecule has 0 fully saturated rings. The quantitative estimate of drug-likeness (QED) is 0.0360. The molecule has 0 amide bonds. The Morgan fingerprint density at radius 2 is 0.750 bits per heavy atom. The Morgan fingerprint density at radius 1 is 0.383 bits per heavy atom. The van der Waals surface area contributed by atoms with Crippen LogP contribution in [0.5, 0.6) is 0 Å². The number of hydrogen-bond donors (Lipinski definition) is 0. The van der Waals surface area contributed by atoms with E-state index in [1.165, 1.54) is 148 Å². The third-order valence-electron chi connectivity index (χ3n) is 11.8. The molecule has 0 saturated carbocycles. The van der Waals surface area contributed by atoms with E-state index in [4.69, 9.17) is 0 Å². The summed E-state index contributed by atoms with van der Waals surface area (Å²) in [5.41, 5.74) is 27.5. The molecule has 60 heavy (non-hydrogen) atoms. The van der Waals surface area contributed by atoms with Crippen LogP contribution < -0.4 is 8.07 Å². The average Bonchev–Trinajstić information content (AvgIpc) is 3.51. The number of unbranched alkanes of at least 4 members (excludes halogenated alkanes) is 13. The molecule has 1 aliphatic heterocycles. The second kappa shape index (κ2) is 27.5. The third-order valence-corrected chi connectivity index (χ3v) is 13.7. The van der Waals surface area contributed by atoms with Crippen LogP contribution >= 0.6 is 0 Å². The van der Waals surface area contributed by atoms with Gasteiger partial charge in [0.15, 0.2) is 0 Å². The van der Waals surface area contributed by atoms with Crippen molar-refractivity contribution in [2.45, 2.75) is 190 Å². The van der Waals surface area contributed by atoms with Crippen LogP contribution in [0.25, 0.3) is 16.9 Å². The summed E-state index contributed by atoms with van der Waals surface area (Å²) in [4.78, 5) is 0. The Labute approximate surface area is 376 Å². The molecule has 0 aliphatic carbocycles. The predicted octanol–water partition coefficient (Wildman–Crippen LogP) is 16.4. The standard InChI is InChI=1S/C43H66N2.2C7H7.Pd/c1-7-11-15-17-19-22-24-36-31-37(25-23-20-18-16-12-8-2)33-39(32-36)43-40(26-14-10-4)41(27-21-13-9-3)42(45(43)44)38-29-34(5)28-35(6)30-38;2*1-7-5-3-2-4-6-7;/h28-33H,7-27H2,1-6H3;2*3-6H,1H3;. The zero-order valence-corrected chi connectivity index (χ0v) is 40.7. The fourth-order valence-corrected chi connectivity index (χ4v) is 10.0. The summed E-state index contributed by atoms with van der Waals surface area (Å²) < 4.78 is 4.47. The summed E-state index contributed by atoms with van der Waals surface area (Å²) in [6.07, 6.45) is 26.1. The molecular weight excluding hydrogens is 819 g/mol. The van der Waals surface area contributed by atoms with Gasteiger partial charge in [-0.05, 0) is 101 Å². The van der Waals surface area contributed by atoms with Crippen LogP contribution in [0.2, 0.25) is 0 Å². The van der Waals surface area contributed by atoms with Gasteiger partial charge in [-0.2, -0.15) is 0 Å². The van der Waals surface area contributed by atoms with E-state index in [0.717, 1.165) is 61.9 Å². The minimum absolute atomic E-state index is 0.562. The van der Waals surface area contributed by atoms with Crippen molar-refractivity contribution in [1.29, 1.82) is 0 Å². The number of benzene rings is 4. The second-order valence-corrected chi connectivity index (χ2v) is 19.8. The van der Waals surface area contributed by atoms with Gasteiger partial charge < -0.3 is 5.53 Å². The fourth-order valence-electron chi connectivity index (χ4n) is 8.47. The van der Waals surface area contributed by atoms with Crippen molar-refractivity contribution in [3.05, 3.63) is 146 Å². The van der Waals surface area contributed by atoms with Gasteiger partial charge in [-0.3, -0.25) is 0 Å². The van der Waals surface area contributed by atoms with E-state index >= 15 is 0 Å². The van der Waals surface area contributed by atoms with Crippen LogP contribution in [-0.4, -0.2) is 4.70 Å². The third kappa shape index (κ3) is 16.5. The Hall–Kier alpha value is -3.38. The van der Waals surface area contributed by atoms with Crippen LogP contribution in [0.15, 0.2) is 96.1 Å². The summed E-state index contributed by atoms with van der Waals surface area (Å²) in [6, 6.07) is 31.8. The molecule has 0 unspecified atom stereocenters. The van der Waals surface area contributed by atoms with Crippen molar-refractivity contribution < 1.29 is 22.7 Å². The second-order valence-electron chi connectivity index (χ2n) is 17.6. The maximum absolute atomic E-state index is 12.2. The average molecular weight is 900 g/mol. The molecule has 0 radical (unpaired) electrons. The monoisotopic (exact) mass is 899 g/mol. The van der Waals surface area contributed by atoms with Crippen molar-refractivity contribution in [2.75, 3.05) is 0 Å². The molecule has 4 aromatic carbocycles. The Morgan fingerprint density at radius 3 is 1.20 bits per heavy atom. The van der Waals surface area contributed by atoms with Crippen LogP contribution in [0, 0.1) is 27.7 Å². The van der Waals surface area contributed by atoms with E-state index in [1.807, 2.05) is 0 Å². The van der Waals surface area contributed by atoms with Crippen molar-refractivity contribution >= 4 is 19.5 Å². The number of hydrogen-bond acceptors (Lipinski definition) is 0. The number of allylic oxidation sites excluding steroid dienone is 2. The molecule has 0 aromatic heterocycles. The first-order valence-electron chi connectivity index (χ1n) is 24.1. The molecule has 0 bridgehead atoms. The topological polar surface area (TPSA) is 25.3 Å². The molecule has 0 atom stereocenters. The van der Waals surface area contributed by atoms with Gasteiger partial charge in [0.1, 0.15) is 0 Å². The molecule has 5 rings (SSSR count). The summed E-state index contributed by atoms with van der Waals surface area (Å²) >= 11 is 0.562. The van der Waals surface area contributed by atoms with E-state index in [0.29, 0.717) is 18.0 Å². The van der Waals surface area contributed by atoms with Gasteiger partial charge in [0.2, 0.25) is 11.4 Å². The van der Waals surface area contributed by atoms with E-state index in [1.54, 1.807) is 4.70 Å². The van der Waals surface area contributed by atoms with E-state index in [-0.39, 0.29) is 0 Å². The molecule has 0 spiro atoms. The van der Waals surface area contributed by atoms with Crippen molar-refractivity contribution in [3.8, 4) is 0 Å². The predicted molar refractivity (Wildman–Crippen MR) is 259 cm³/mol. The molecule has 3 heteroatoms. The number of rotatable bonds is 25. The van der Waals surface area contributed by atoms with Gasteiger partial charge in [-0.25, -0.2) is 4.70 Å². The first-order chi connectivity index (χ1) is 29.2. The summed E-state index contributed by atoms with van der Waals surface area (Å²) in [5.74, 6) is 0. The Bertz CT molecular complexity index is 1850. The number of aryl methyl sites for hydroxylation is 6. The van der Waals surface area contributed by atoms with Crippen molar-refractivity contribution in [3.63, 3.8) is 0 Å². The van der Waals surface area contributed by atoms with Gasteiger partial charge in [0, 0.05) is 22.3 Å². The Balaban J connectivity index is 0.000000440. The fraction of sp³-hybridized carbons (Fsp3) is 0.509. The first kappa shape index (κ1) is 49.3. The van der Waals surface area contributed by atoms with Crippen molar-refractivity contribution in [2.24, 2.45) is 0 Å². The molecule has 1 heterocycles. The molecule has 4 aromatic rings. The molecule has 328 valence electrons.